The van der Waals surface area contributed by atoms with E-state index in [2.05, 4.69) is 41.5 Å². The predicted molar refractivity (Wildman–Crippen MR) is 107 cm³/mol. The van der Waals surface area contributed by atoms with Crippen LogP contribution in [0.1, 0.15) is 23.1 Å². The maximum absolute atomic E-state index is 11.7. The van der Waals surface area contributed by atoms with Crippen LogP contribution in [0, 0.1) is 13.8 Å². The molecule has 2 heterocycles. The fraction of sp³-hybridized carbons (Fsp3) is 0.381. The van der Waals surface area contributed by atoms with Crippen LogP contribution in [0.2, 0.25) is 0 Å². The van der Waals surface area contributed by atoms with Crippen molar-refractivity contribution in [2.24, 2.45) is 0 Å². The van der Waals surface area contributed by atoms with Gasteiger partial charge < -0.3 is 9.84 Å². The highest BCUT2D eigenvalue weighted by Gasteiger charge is 2.53. The van der Waals surface area contributed by atoms with E-state index < -0.39 is 5.72 Å². The SMILES string of the molecule is COc1ccc(C2(O)CN(c3cccc(C)c3C)C3=[N+]2CCCS3)cc1. The molecule has 4 nitrogen and oxygen atoms in total. The molecule has 0 spiro atoms. The molecule has 2 aromatic carbocycles. The number of benzene rings is 2. The Morgan fingerprint density at radius 1 is 1.15 bits per heavy atom. The zero-order valence-corrected chi connectivity index (χ0v) is 16.3. The Morgan fingerprint density at radius 2 is 1.92 bits per heavy atom. The van der Waals surface area contributed by atoms with E-state index in [1.165, 1.54) is 16.8 Å². The van der Waals surface area contributed by atoms with Gasteiger partial charge in [0.15, 0.2) is 6.54 Å². The summed E-state index contributed by atoms with van der Waals surface area (Å²) in [5.74, 6) is 1.89. The van der Waals surface area contributed by atoms with Crippen molar-refractivity contribution in [1.82, 2.24) is 0 Å². The minimum Gasteiger partial charge on any atom is -0.497 e. The normalized spacial score (nSPS) is 22.5. The third-order valence-electron chi connectivity index (χ3n) is 5.46. The van der Waals surface area contributed by atoms with Crippen LogP contribution in [-0.2, 0) is 5.72 Å². The summed E-state index contributed by atoms with van der Waals surface area (Å²) in [5.41, 5.74) is 3.61. The fourth-order valence-electron chi connectivity index (χ4n) is 3.82. The molecule has 0 amide bonds. The monoisotopic (exact) mass is 369 g/mol. The maximum Gasteiger partial charge on any atom is 0.316 e. The van der Waals surface area contributed by atoms with Crippen LogP contribution >= 0.6 is 11.8 Å². The first kappa shape index (κ1) is 17.4. The molecule has 26 heavy (non-hydrogen) atoms. The molecule has 4 rings (SSSR count). The number of nitrogens with zero attached hydrogens (tertiary/aromatic N) is 2. The summed E-state index contributed by atoms with van der Waals surface area (Å²) < 4.78 is 7.45. The Kier molecular flexibility index (Phi) is 4.45. The third kappa shape index (κ3) is 2.70. The second-order valence-electron chi connectivity index (χ2n) is 6.99. The molecule has 0 radical (unpaired) electrons. The second kappa shape index (κ2) is 6.63. The summed E-state index contributed by atoms with van der Waals surface area (Å²) in [7, 11) is 1.66. The molecule has 0 saturated carbocycles. The molecular formula is C21H25N2O2S+. The molecule has 0 bridgehead atoms. The Balaban J connectivity index is 1.80. The van der Waals surface area contributed by atoms with E-state index in [4.69, 9.17) is 4.74 Å². The number of ether oxygens (including phenoxy) is 1. The molecule has 2 aliphatic heterocycles. The zero-order chi connectivity index (χ0) is 18.3. The zero-order valence-electron chi connectivity index (χ0n) is 15.5. The average molecular weight is 370 g/mol. The summed E-state index contributed by atoms with van der Waals surface area (Å²) in [6, 6.07) is 14.2. The minimum atomic E-state index is -1.02. The van der Waals surface area contributed by atoms with Gasteiger partial charge in [0.1, 0.15) is 11.4 Å². The number of aliphatic hydroxyl groups is 1. The van der Waals surface area contributed by atoms with Gasteiger partial charge in [0, 0.05) is 11.3 Å². The van der Waals surface area contributed by atoms with E-state index >= 15 is 0 Å². The van der Waals surface area contributed by atoms with Crippen LogP contribution in [0.3, 0.4) is 0 Å². The lowest BCUT2D eigenvalue weighted by atomic mass is 10.0. The van der Waals surface area contributed by atoms with Gasteiger partial charge in [0.2, 0.25) is 0 Å². The minimum absolute atomic E-state index is 0.534. The van der Waals surface area contributed by atoms with E-state index in [9.17, 15) is 5.11 Å². The number of thioether (sulfide) groups is 1. The molecule has 0 fully saturated rings. The van der Waals surface area contributed by atoms with Crippen LogP contribution < -0.4 is 9.64 Å². The third-order valence-corrected chi connectivity index (χ3v) is 6.66. The topological polar surface area (TPSA) is 35.7 Å². The average Bonchev–Trinajstić information content (AvgIpc) is 2.98. The van der Waals surface area contributed by atoms with Crippen LogP contribution in [0.4, 0.5) is 5.69 Å². The first-order chi connectivity index (χ1) is 12.5. The van der Waals surface area contributed by atoms with E-state index in [1.807, 2.05) is 36.0 Å². The van der Waals surface area contributed by atoms with Crippen molar-refractivity contribution in [1.29, 1.82) is 0 Å². The summed E-state index contributed by atoms with van der Waals surface area (Å²) in [6.07, 6.45) is 1.08. The second-order valence-corrected chi connectivity index (χ2v) is 8.05. The highest BCUT2D eigenvalue weighted by atomic mass is 32.2. The molecule has 1 N–H and O–H groups in total. The van der Waals surface area contributed by atoms with E-state index in [1.54, 1.807) is 7.11 Å². The number of hydrogen-bond acceptors (Lipinski definition) is 4. The fourth-order valence-corrected chi connectivity index (χ4v) is 4.99. The molecule has 1 atom stereocenters. The largest absolute Gasteiger partial charge is 0.497 e. The molecule has 136 valence electrons. The number of methoxy groups -OCH3 is 1. The van der Waals surface area contributed by atoms with E-state index in [-0.39, 0.29) is 0 Å². The molecule has 0 saturated heterocycles. The molecule has 1 unspecified atom stereocenters. The molecule has 2 aliphatic rings. The van der Waals surface area contributed by atoms with Gasteiger partial charge in [-0.25, -0.2) is 9.48 Å². The lowest BCUT2D eigenvalue weighted by Gasteiger charge is -2.24. The van der Waals surface area contributed by atoms with Crippen LogP contribution in [-0.4, -0.2) is 40.8 Å². The summed E-state index contributed by atoms with van der Waals surface area (Å²) in [6.45, 7) is 5.70. The molecule has 2 aromatic rings. The van der Waals surface area contributed by atoms with Crippen molar-refractivity contribution in [3.8, 4) is 5.75 Å². The Labute approximate surface area is 159 Å². The summed E-state index contributed by atoms with van der Waals surface area (Å²) in [5, 5.41) is 12.9. The quantitative estimate of drug-likeness (QED) is 0.841. The van der Waals surface area contributed by atoms with Crippen molar-refractivity contribution in [2.45, 2.75) is 26.0 Å². The number of β-amino-alcohol motifs (C(OH)–C–C–N with tert-alkyl or cyclic N) is 1. The maximum atomic E-state index is 11.7. The Bertz CT molecular complexity index is 863. The number of anilines is 1. The first-order valence-electron chi connectivity index (χ1n) is 9.02. The number of aryl methyl sites for hydroxylation is 1. The van der Waals surface area contributed by atoms with Gasteiger partial charge in [-0.2, -0.15) is 0 Å². The number of amidine groups is 1. The van der Waals surface area contributed by atoms with Gasteiger partial charge in [-0.3, -0.25) is 0 Å². The van der Waals surface area contributed by atoms with Crippen LogP contribution in [0.5, 0.6) is 5.75 Å². The van der Waals surface area contributed by atoms with Gasteiger partial charge in [-0.15, -0.1) is 0 Å². The van der Waals surface area contributed by atoms with Crippen molar-refractivity contribution < 1.29 is 14.4 Å². The van der Waals surface area contributed by atoms with Gasteiger partial charge in [0.25, 0.3) is 5.72 Å². The summed E-state index contributed by atoms with van der Waals surface area (Å²) >= 11 is 1.84. The molecule has 0 aliphatic carbocycles. The highest BCUT2D eigenvalue weighted by Crippen LogP contribution is 2.39. The summed E-state index contributed by atoms with van der Waals surface area (Å²) in [4.78, 5) is 2.29. The molecule has 0 aromatic heterocycles. The first-order valence-corrected chi connectivity index (χ1v) is 10.0. The Morgan fingerprint density at radius 3 is 2.65 bits per heavy atom. The number of rotatable bonds is 3. The predicted octanol–water partition coefficient (Wildman–Crippen LogP) is 3.48. The molecule has 5 heteroatoms. The standard InChI is InChI=1S/C21H25N2O2S/c1-15-6-4-7-19(16(15)2)22-14-21(24,23-12-5-13-26-20(22)23)17-8-10-18(25-3)11-9-17/h4,6-11,24H,5,12-14H2,1-3H3/q+1. The van der Waals surface area contributed by atoms with Crippen molar-refractivity contribution in [3.05, 3.63) is 59.2 Å². The van der Waals surface area contributed by atoms with E-state index in [0.717, 1.165) is 35.2 Å². The lowest BCUT2D eigenvalue weighted by molar-refractivity contribution is -0.656. The van der Waals surface area contributed by atoms with Gasteiger partial charge in [0.05, 0.1) is 13.7 Å². The highest BCUT2D eigenvalue weighted by molar-refractivity contribution is 8.13. The van der Waals surface area contributed by atoms with Crippen molar-refractivity contribution in [2.75, 3.05) is 30.9 Å². The van der Waals surface area contributed by atoms with Crippen LogP contribution in [0.25, 0.3) is 0 Å². The van der Waals surface area contributed by atoms with Crippen molar-refractivity contribution >= 4 is 22.6 Å². The Hall–Kier alpha value is -1.98. The number of hydrogen-bond donors (Lipinski definition) is 1. The van der Waals surface area contributed by atoms with Gasteiger partial charge >= 0.3 is 5.17 Å². The van der Waals surface area contributed by atoms with Gasteiger partial charge in [-0.1, -0.05) is 12.1 Å². The smallest absolute Gasteiger partial charge is 0.316 e. The van der Waals surface area contributed by atoms with Crippen LogP contribution in [0.15, 0.2) is 42.5 Å². The van der Waals surface area contributed by atoms with Gasteiger partial charge in [-0.05, 0) is 73.5 Å². The van der Waals surface area contributed by atoms with Crippen molar-refractivity contribution in [3.63, 3.8) is 0 Å². The van der Waals surface area contributed by atoms with E-state index in [0.29, 0.717) is 6.54 Å². The lowest BCUT2D eigenvalue weighted by Crippen LogP contribution is -2.41. The molecular weight excluding hydrogens is 344 g/mol.